The molecular weight excluding hydrogens is 426 g/mol. The summed E-state index contributed by atoms with van der Waals surface area (Å²) in [5.74, 6) is 1.33. The van der Waals surface area contributed by atoms with E-state index in [1.165, 1.54) is 17.7 Å². The minimum Gasteiger partial charge on any atom is -0.492 e. The van der Waals surface area contributed by atoms with E-state index in [-0.39, 0.29) is 11.8 Å². The van der Waals surface area contributed by atoms with Gasteiger partial charge in [-0.15, -0.1) is 11.3 Å². The first kappa shape index (κ1) is 19.5. The fourth-order valence-corrected chi connectivity index (χ4v) is 3.86. The number of benzene rings is 1. The Kier molecular flexibility index (Phi) is 6.23. The van der Waals surface area contributed by atoms with Gasteiger partial charge in [-0.1, -0.05) is 28.1 Å². The summed E-state index contributed by atoms with van der Waals surface area (Å²) in [6.07, 6.45) is 1.53. The molecule has 0 bridgehead atoms. The molecule has 1 atom stereocenters. The number of ketones is 1. The monoisotopic (exact) mass is 445 g/mol. The van der Waals surface area contributed by atoms with Crippen LogP contribution in [0.5, 0.6) is 5.75 Å². The van der Waals surface area contributed by atoms with E-state index in [1.807, 2.05) is 31.2 Å². The summed E-state index contributed by atoms with van der Waals surface area (Å²) in [5, 5.41) is 3.40. The topological polar surface area (TPSA) is 64.1 Å². The third-order valence-electron chi connectivity index (χ3n) is 3.97. The summed E-state index contributed by atoms with van der Waals surface area (Å²) in [6, 6.07) is 12.0. The van der Waals surface area contributed by atoms with Crippen molar-refractivity contribution in [3.05, 3.63) is 57.6 Å². The Balaban J connectivity index is 1.84. The molecule has 0 aliphatic carbocycles. The van der Waals surface area contributed by atoms with E-state index in [4.69, 9.17) is 4.74 Å². The lowest BCUT2D eigenvalue weighted by atomic mass is 10.1. The fraction of sp³-hybridized carbons (Fsp3) is 0.250. The van der Waals surface area contributed by atoms with Crippen LogP contribution in [0.1, 0.15) is 42.0 Å². The van der Waals surface area contributed by atoms with Crippen LogP contribution in [0.15, 0.2) is 47.2 Å². The highest BCUT2D eigenvalue weighted by Crippen LogP contribution is 2.36. The Bertz CT molecular complexity index is 941. The van der Waals surface area contributed by atoms with Gasteiger partial charge in [0, 0.05) is 29.6 Å². The van der Waals surface area contributed by atoms with E-state index in [0.29, 0.717) is 17.2 Å². The molecule has 0 spiro atoms. The number of carbonyl (C=O) groups excluding carboxylic acids is 1. The fourth-order valence-electron chi connectivity index (χ4n) is 2.64. The maximum atomic E-state index is 11.9. The molecule has 3 aromatic rings. The van der Waals surface area contributed by atoms with E-state index in [1.54, 1.807) is 6.92 Å². The summed E-state index contributed by atoms with van der Waals surface area (Å²) >= 11 is 4.84. The number of hydrogen-bond acceptors (Lipinski definition) is 6. The van der Waals surface area contributed by atoms with Crippen molar-refractivity contribution in [2.24, 2.45) is 0 Å². The third-order valence-corrected chi connectivity index (χ3v) is 5.74. The Morgan fingerprint density at radius 3 is 2.67 bits per heavy atom. The zero-order valence-electron chi connectivity index (χ0n) is 15.3. The number of carbonyl (C=O) groups is 1. The molecule has 5 nitrogen and oxygen atoms in total. The number of Topliss-reactive ketones (excluding diaryl/α,β-unsaturated/α-hetero) is 1. The lowest BCUT2D eigenvalue weighted by Gasteiger charge is -2.15. The van der Waals surface area contributed by atoms with Crippen molar-refractivity contribution in [3.8, 4) is 16.3 Å². The van der Waals surface area contributed by atoms with Gasteiger partial charge in [-0.3, -0.25) is 4.79 Å². The Labute approximate surface area is 171 Å². The molecule has 0 saturated heterocycles. The molecule has 0 radical (unpaired) electrons. The van der Waals surface area contributed by atoms with Crippen LogP contribution in [0.2, 0.25) is 0 Å². The van der Waals surface area contributed by atoms with Crippen molar-refractivity contribution >= 4 is 38.9 Å². The van der Waals surface area contributed by atoms with E-state index < -0.39 is 0 Å². The van der Waals surface area contributed by atoms with Crippen LogP contribution in [-0.2, 0) is 0 Å². The largest absolute Gasteiger partial charge is 0.492 e. The molecule has 0 aliphatic heterocycles. The maximum Gasteiger partial charge on any atom is 0.173 e. The smallest absolute Gasteiger partial charge is 0.173 e. The summed E-state index contributed by atoms with van der Waals surface area (Å²) in [6.45, 7) is 6.04. The Morgan fingerprint density at radius 2 is 2.00 bits per heavy atom. The molecule has 140 valence electrons. The molecule has 0 aliphatic rings. The van der Waals surface area contributed by atoms with Gasteiger partial charge in [0.25, 0.3) is 0 Å². The second-order valence-electron chi connectivity index (χ2n) is 6.00. The first-order chi connectivity index (χ1) is 13.0. The number of halogens is 1. The zero-order chi connectivity index (χ0) is 19.4. The van der Waals surface area contributed by atoms with Crippen LogP contribution in [0, 0.1) is 0 Å². The summed E-state index contributed by atoms with van der Waals surface area (Å²) in [5.41, 5.74) is 1.92. The number of thiophene rings is 1. The van der Waals surface area contributed by atoms with E-state index >= 15 is 0 Å². The summed E-state index contributed by atoms with van der Waals surface area (Å²) in [7, 11) is 0. The van der Waals surface area contributed by atoms with Gasteiger partial charge < -0.3 is 10.1 Å². The number of ether oxygens (including phenoxy) is 1. The molecule has 1 aromatic carbocycles. The van der Waals surface area contributed by atoms with Crippen LogP contribution in [-0.4, -0.2) is 22.4 Å². The van der Waals surface area contributed by atoms with Crippen molar-refractivity contribution in [1.82, 2.24) is 9.97 Å². The lowest BCUT2D eigenvalue weighted by molar-refractivity contribution is 0.101. The Morgan fingerprint density at radius 1 is 1.26 bits per heavy atom. The van der Waals surface area contributed by atoms with Crippen molar-refractivity contribution in [2.75, 3.05) is 11.9 Å². The standard InChI is InChI=1S/C20H20BrN3O2S/c1-4-26-17-10-18(27-20(17)13(3)25)16-9-19(23-11-22-16)24-12(2)14-5-7-15(21)8-6-14/h5-12H,4H2,1-3H3,(H,22,23,24). The minimum absolute atomic E-state index is 0.00837. The molecule has 1 unspecified atom stereocenters. The molecule has 27 heavy (non-hydrogen) atoms. The minimum atomic E-state index is -0.00837. The lowest BCUT2D eigenvalue weighted by Crippen LogP contribution is -2.08. The normalized spacial score (nSPS) is 11.9. The molecule has 3 rings (SSSR count). The summed E-state index contributed by atoms with van der Waals surface area (Å²) < 4.78 is 6.64. The molecule has 1 N–H and O–H groups in total. The van der Waals surface area contributed by atoms with Crippen LogP contribution < -0.4 is 10.1 Å². The SMILES string of the molecule is CCOc1cc(-c2cc(NC(C)c3ccc(Br)cc3)ncn2)sc1C(C)=O. The molecule has 2 aromatic heterocycles. The quantitative estimate of drug-likeness (QED) is 0.469. The van der Waals surface area contributed by atoms with Gasteiger partial charge in [0.1, 0.15) is 22.8 Å². The molecule has 0 fully saturated rings. The number of aromatic nitrogens is 2. The average Bonchev–Trinajstić information content (AvgIpc) is 3.07. The van der Waals surface area contributed by atoms with Gasteiger partial charge in [-0.25, -0.2) is 9.97 Å². The highest BCUT2D eigenvalue weighted by Gasteiger charge is 2.16. The highest BCUT2D eigenvalue weighted by atomic mass is 79.9. The average molecular weight is 446 g/mol. The Hall–Kier alpha value is -2.25. The number of nitrogens with one attached hydrogen (secondary N) is 1. The number of rotatable bonds is 7. The predicted octanol–water partition coefficient (Wildman–Crippen LogP) is 5.74. The number of nitrogens with zero attached hydrogens (tertiary/aromatic N) is 2. The highest BCUT2D eigenvalue weighted by molar-refractivity contribution is 9.10. The number of anilines is 1. The van der Waals surface area contributed by atoms with Crippen molar-refractivity contribution in [1.29, 1.82) is 0 Å². The maximum absolute atomic E-state index is 11.9. The van der Waals surface area contributed by atoms with Crippen LogP contribution in [0.3, 0.4) is 0 Å². The first-order valence-corrected chi connectivity index (χ1v) is 10.2. The van der Waals surface area contributed by atoms with Gasteiger partial charge in [-0.2, -0.15) is 0 Å². The number of hydrogen-bond donors (Lipinski definition) is 1. The molecule has 0 saturated carbocycles. The second kappa shape index (κ2) is 8.63. The van der Waals surface area contributed by atoms with Crippen LogP contribution >= 0.6 is 27.3 Å². The van der Waals surface area contributed by atoms with Gasteiger partial charge in [0.05, 0.1) is 17.2 Å². The van der Waals surface area contributed by atoms with Crippen molar-refractivity contribution in [3.63, 3.8) is 0 Å². The van der Waals surface area contributed by atoms with Gasteiger partial charge in [0.2, 0.25) is 0 Å². The van der Waals surface area contributed by atoms with E-state index in [2.05, 4.69) is 50.3 Å². The molecule has 2 heterocycles. The molecule has 0 amide bonds. The third kappa shape index (κ3) is 4.73. The molecular formula is C20H20BrN3O2S. The van der Waals surface area contributed by atoms with E-state index in [0.717, 1.165) is 26.4 Å². The van der Waals surface area contributed by atoms with Gasteiger partial charge >= 0.3 is 0 Å². The zero-order valence-corrected chi connectivity index (χ0v) is 17.7. The first-order valence-electron chi connectivity index (χ1n) is 8.60. The second-order valence-corrected chi connectivity index (χ2v) is 7.97. The molecule has 7 heteroatoms. The van der Waals surface area contributed by atoms with Crippen molar-refractivity contribution < 1.29 is 9.53 Å². The van der Waals surface area contributed by atoms with Gasteiger partial charge in [0.15, 0.2) is 5.78 Å². The van der Waals surface area contributed by atoms with E-state index in [9.17, 15) is 4.79 Å². The van der Waals surface area contributed by atoms with Crippen LogP contribution in [0.25, 0.3) is 10.6 Å². The van der Waals surface area contributed by atoms with Crippen molar-refractivity contribution in [2.45, 2.75) is 26.8 Å². The van der Waals surface area contributed by atoms with Gasteiger partial charge in [-0.05, 0) is 31.5 Å². The summed E-state index contributed by atoms with van der Waals surface area (Å²) in [4.78, 5) is 22.0. The van der Waals surface area contributed by atoms with Crippen LogP contribution in [0.4, 0.5) is 5.82 Å². The predicted molar refractivity (Wildman–Crippen MR) is 113 cm³/mol.